The van der Waals surface area contributed by atoms with E-state index in [1.54, 1.807) is 0 Å². The quantitative estimate of drug-likeness (QED) is 0.898. The van der Waals surface area contributed by atoms with Gasteiger partial charge in [0.05, 0.1) is 19.3 Å². The van der Waals surface area contributed by atoms with Crippen LogP contribution in [0.5, 0.6) is 0 Å². The fourth-order valence-electron chi connectivity index (χ4n) is 1.92. The van der Waals surface area contributed by atoms with Crippen LogP contribution in [-0.4, -0.2) is 19.1 Å². The van der Waals surface area contributed by atoms with Crippen LogP contribution >= 0.6 is 0 Å². The second-order valence-electron chi connectivity index (χ2n) is 5.27. The summed E-state index contributed by atoms with van der Waals surface area (Å²) in [6.07, 6.45) is 0. The molecule has 4 heteroatoms. The van der Waals surface area contributed by atoms with Gasteiger partial charge in [-0.3, -0.25) is 4.79 Å². The van der Waals surface area contributed by atoms with Gasteiger partial charge >= 0.3 is 0 Å². The molecule has 0 atom stereocenters. The Bertz CT molecular complexity index is 496. The first-order chi connectivity index (χ1) is 9.07. The Hall–Kier alpha value is -1.86. The monoisotopic (exact) mass is 258 g/mol. The smallest absolute Gasteiger partial charge is 0.245 e. The summed E-state index contributed by atoms with van der Waals surface area (Å²) in [5.41, 5.74) is 1.33. The van der Waals surface area contributed by atoms with Crippen LogP contribution in [0.4, 0.5) is 0 Å². The van der Waals surface area contributed by atoms with Crippen LogP contribution in [0.2, 0.25) is 0 Å². The van der Waals surface area contributed by atoms with E-state index in [1.807, 2.05) is 18.2 Å². The molecule has 1 aromatic carbocycles. The van der Waals surface area contributed by atoms with Crippen molar-refractivity contribution in [3.05, 3.63) is 35.4 Å². The molecule has 1 aliphatic heterocycles. The molecule has 1 N–H and O–H groups in total. The first kappa shape index (κ1) is 13.6. The van der Waals surface area contributed by atoms with E-state index in [9.17, 15) is 4.79 Å². The number of carbonyl (C=O) groups excluding carboxylic acids is 1. The lowest BCUT2D eigenvalue weighted by Crippen LogP contribution is -2.52. The van der Waals surface area contributed by atoms with Gasteiger partial charge in [0.1, 0.15) is 0 Å². The SMILES string of the molecule is CC(C)c1ccc(CNC(=O)C2(C#N)COC2)cc1. The summed E-state index contributed by atoms with van der Waals surface area (Å²) >= 11 is 0. The van der Waals surface area contributed by atoms with E-state index in [-0.39, 0.29) is 19.1 Å². The topological polar surface area (TPSA) is 62.1 Å². The standard InChI is InChI=1S/C15H18N2O2/c1-11(2)13-5-3-12(4-6-13)7-17-14(18)15(8-16)9-19-10-15/h3-6,11H,7,9-10H2,1-2H3,(H,17,18). The minimum atomic E-state index is -0.974. The second kappa shape index (κ2) is 5.41. The van der Waals surface area contributed by atoms with Crippen molar-refractivity contribution in [1.82, 2.24) is 5.32 Å². The molecule has 1 fully saturated rings. The lowest BCUT2D eigenvalue weighted by molar-refractivity contribution is -0.150. The maximum absolute atomic E-state index is 11.9. The minimum Gasteiger partial charge on any atom is -0.377 e. The third kappa shape index (κ3) is 2.77. The lowest BCUT2D eigenvalue weighted by Gasteiger charge is -2.33. The van der Waals surface area contributed by atoms with Gasteiger partial charge in [0.15, 0.2) is 5.41 Å². The zero-order valence-corrected chi connectivity index (χ0v) is 11.3. The van der Waals surface area contributed by atoms with E-state index in [2.05, 4.69) is 31.3 Å². The van der Waals surface area contributed by atoms with E-state index >= 15 is 0 Å². The van der Waals surface area contributed by atoms with Gasteiger partial charge in [-0.05, 0) is 17.0 Å². The zero-order chi connectivity index (χ0) is 13.9. The van der Waals surface area contributed by atoms with Crippen LogP contribution in [0.1, 0.15) is 30.9 Å². The molecule has 1 heterocycles. The number of carbonyl (C=O) groups is 1. The van der Waals surface area contributed by atoms with E-state index in [0.717, 1.165) is 5.56 Å². The molecule has 0 saturated carbocycles. The molecule has 0 radical (unpaired) electrons. The molecule has 100 valence electrons. The number of ether oxygens (including phenoxy) is 1. The average molecular weight is 258 g/mol. The van der Waals surface area contributed by atoms with Crippen molar-refractivity contribution in [3.8, 4) is 6.07 Å². The lowest BCUT2D eigenvalue weighted by atomic mass is 9.87. The van der Waals surface area contributed by atoms with Gasteiger partial charge in [0.2, 0.25) is 5.91 Å². The molecule has 0 aliphatic carbocycles. The molecule has 0 aromatic heterocycles. The molecular weight excluding hydrogens is 240 g/mol. The number of hydrogen-bond donors (Lipinski definition) is 1. The van der Waals surface area contributed by atoms with Crippen LogP contribution < -0.4 is 5.32 Å². The van der Waals surface area contributed by atoms with Gasteiger partial charge in [-0.1, -0.05) is 38.1 Å². The van der Waals surface area contributed by atoms with Crippen molar-refractivity contribution in [2.45, 2.75) is 26.3 Å². The zero-order valence-electron chi connectivity index (χ0n) is 11.3. The molecule has 0 unspecified atom stereocenters. The summed E-state index contributed by atoms with van der Waals surface area (Å²) in [4.78, 5) is 11.9. The van der Waals surface area contributed by atoms with Crippen molar-refractivity contribution in [3.63, 3.8) is 0 Å². The number of nitrogens with zero attached hydrogens (tertiary/aromatic N) is 1. The normalized spacial score (nSPS) is 16.5. The fraction of sp³-hybridized carbons (Fsp3) is 0.467. The minimum absolute atomic E-state index is 0.196. The number of amides is 1. The Labute approximate surface area is 113 Å². The van der Waals surface area contributed by atoms with Crippen molar-refractivity contribution in [1.29, 1.82) is 5.26 Å². The highest BCUT2D eigenvalue weighted by Gasteiger charge is 2.46. The Morgan fingerprint density at radius 1 is 1.42 bits per heavy atom. The maximum Gasteiger partial charge on any atom is 0.245 e. The number of benzene rings is 1. The Kier molecular flexibility index (Phi) is 3.87. The van der Waals surface area contributed by atoms with E-state index < -0.39 is 5.41 Å². The molecule has 4 nitrogen and oxygen atoms in total. The Morgan fingerprint density at radius 2 is 2.05 bits per heavy atom. The number of rotatable bonds is 4. The molecule has 1 saturated heterocycles. The van der Waals surface area contributed by atoms with E-state index in [0.29, 0.717) is 12.5 Å². The van der Waals surface area contributed by atoms with Gasteiger partial charge in [-0.15, -0.1) is 0 Å². The predicted molar refractivity (Wildman–Crippen MR) is 71.2 cm³/mol. The average Bonchev–Trinajstić information content (AvgIpc) is 2.36. The molecule has 1 aliphatic rings. The Balaban J connectivity index is 1.92. The van der Waals surface area contributed by atoms with Crippen molar-refractivity contribution < 1.29 is 9.53 Å². The summed E-state index contributed by atoms with van der Waals surface area (Å²) in [5.74, 6) is 0.256. The highest BCUT2D eigenvalue weighted by molar-refractivity contribution is 5.86. The van der Waals surface area contributed by atoms with Crippen LogP contribution in [0, 0.1) is 16.7 Å². The maximum atomic E-state index is 11.9. The van der Waals surface area contributed by atoms with Gasteiger partial charge in [0, 0.05) is 6.54 Å². The summed E-state index contributed by atoms with van der Waals surface area (Å²) in [5, 5.41) is 11.8. The summed E-state index contributed by atoms with van der Waals surface area (Å²) in [6, 6.07) is 10.2. The molecule has 0 spiro atoms. The number of nitriles is 1. The summed E-state index contributed by atoms with van der Waals surface area (Å²) in [6.45, 7) is 5.12. The van der Waals surface area contributed by atoms with Gasteiger partial charge in [-0.25, -0.2) is 0 Å². The number of nitrogens with one attached hydrogen (secondary N) is 1. The third-order valence-corrected chi connectivity index (χ3v) is 3.45. The fourth-order valence-corrected chi connectivity index (χ4v) is 1.92. The highest BCUT2D eigenvalue weighted by Crippen LogP contribution is 2.26. The van der Waals surface area contributed by atoms with Gasteiger partial charge < -0.3 is 10.1 Å². The van der Waals surface area contributed by atoms with Gasteiger partial charge in [0.25, 0.3) is 0 Å². The molecule has 19 heavy (non-hydrogen) atoms. The molecular formula is C15H18N2O2. The molecule has 1 aromatic rings. The van der Waals surface area contributed by atoms with E-state index in [4.69, 9.17) is 10.00 Å². The van der Waals surface area contributed by atoms with Crippen LogP contribution in [-0.2, 0) is 16.1 Å². The molecule has 1 amide bonds. The first-order valence-corrected chi connectivity index (χ1v) is 6.43. The van der Waals surface area contributed by atoms with Crippen LogP contribution in [0.3, 0.4) is 0 Å². The van der Waals surface area contributed by atoms with Gasteiger partial charge in [-0.2, -0.15) is 5.26 Å². The Morgan fingerprint density at radius 3 is 2.47 bits per heavy atom. The van der Waals surface area contributed by atoms with Crippen LogP contribution in [0.25, 0.3) is 0 Å². The molecule has 2 rings (SSSR count). The van der Waals surface area contributed by atoms with Crippen molar-refractivity contribution in [2.24, 2.45) is 5.41 Å². The van der Waals surface area contributed by atoms with Crippen molar-refractivity contribution in [2.75, 3.05) is 13.2 Å². The highest BCUT2D eigenvalue weighted by atomic mass is 16.5. The van der Waals surface area contributed by atoms with Crippen molar-refractivity contribution >= 4 is 5.91 Å². The summed E-state index contributed by atoms with van der Waals surface area (Å²) in [7, 11) is 0. The molecule has 0 bridgehead atoms. The van der Waals surface area contributed by atoms with E-state index in [1.165, 1.54) is 5.56 Å². The largest absolute Gasteiger partial charge is 0.377 e. The third-order valence-electron chi connectivity index (χ3n) is 3.45. The summed E-state index contributed by atoms with van der Waals surface area (Å²) < 4.78 is 4.96. The predicted octanol–water partition coefficient (Wildman–Crippen LogP) is 1.97. The number of hydrogen-bond acceptors (Lipinski definition) is 3. The van der Waals surface area contributed by atoms with Crippen LogP contribution in [0.15, 0.2) is 24.3 Å². The second-order valence-corrected chi connectivity index (χ2v) is 5.27. The first-order valence-electron chi connectivity index (χ1n) is 6.43.